The van der Waals surface area contributed by atoms with Gasteiger partial charge in [0.1, 0.15) is 18.4 Å². The van der Waals surface area contributed by atoms with Crippen LogP contribution in [0, 0.1) is 25.6 Å². The van der Waals surface area contributed by atoms with Crippen LogP contribution in [0.4, 0.5) is 10.1 Å². The fraction of sp³-hybridized carbons (Fsp3) is 0.333. The molecular weight excluding hydrogens is 517 g/mol. The Bertz CT molecular complexity index is 1370. The van der Waals surface area contributed by atoms with E-state index in [1.807, 2.05) is 27.7 Å². The quantitative estimate of drug-likeness (QED) is 0.369. The first-order chi connectivity index (χ1) is 18.4. The Morgan fingerprint density at radius 3 is 1.92 bits per heavy atom. The summed E-state index contributed by atoms with van der Waals surface area (Å²) in [5.74, 6) is -1.14. The van der Waals surface area contributed by atoms with Crippen molar-refractivity contribution in [3.63, 3.8) is 0 Å². The summed E-state index contributed by atoms with van der Waals surface area (Å²) in [5, 5.41) is 2.84. The third-order valence-corrected chi connectivity index (χ3v) is 8.12. The monoisotopic (exact) mass is 553 g/mol. The maximum Gasteiger partial charge on any atom is 0.264 e. The molecule has 0 aliphatic rings. The summed E-state index contributed by atoms with van der Waals surface area (Å²) in [5.41, 5.74) is 2.77. The lowest BCUT2D eigenvalue weighted by Crippen LogP contribution is -2.51. The SMILES string of the molecule is Cc1ccc(N(CC(=O)N(Cc2ccc(F)cc2)C(C)C(=O)NCC(C)C)S(=O)(=O)c2ccc(C)cc2)cc1. The molecule has 0 aromatic heterocycles. The van der Waals surface area contributed by atoms with Crippen molar-refractivity contribution in [2.24, 2.45) is 5.92 Å². The maximum atomic E-state index is 13.8. The standard InChI is InChI=1S/C30H36FN3O4S/c1-21(2)18-32-30(36)24(5)33(19-25-10-12-26(31)13-11-25)29(35)20-34(27-14-6-22(3)7-15-27)39(37,38)28-16-8-23(4)9-17-28/h6-17,21,24H,18-20H2,1-5H3,(H,32,36). The highest BCUT2D eigenvalue weighted by Gasteiger charge is 2.32. The molecule has 3 aromatic carbocycles. The van der Waals surface area contributed by atoms with Crippen molar-refractivity contribution in [1.82, 2.24) is 10.2 Å². The van der Waals surface area contributed by atoms with Crippen LogP contribution >= 0.6 is 0 Å². The summed E-state index contributed by atoms with van der Waals surface area (Å²) in [6, 6.07) is 18.0. The van der Waals surface area contributed by atoms with Crippen LogP contribution in [-0.2, 0) is 26.2 Å². The summed E-state index contributed by atoms with van der Waals surface area (Å²) in [6.45, 7) is 9.17. The molecule has 0 aliphatic heterocycles. The zero-order chi connectivity index (χ0) is 28.7. The van der Waals surface area contributed by atoms with Gasteiger partial charge in [-0.05, 0) is 68.7 Å². The number of sulfonamides is 1. The van der Waals surface area contributed by atoms with Gasteiger partial charge in [-0.25, -0.2) is 12.8 Å². The first kappa shape index (κ1) is 29.8. The van der Waals surface area contributed by atoms with Crippen molar-refractivity contribution in [3.8, 4) is 0 Å². The van der Waals surface area contributed by atoms with E-state index >= 15 is 0 Å². The summed E-state index contributed by atoms with van der Waals surface area (Å²) in [6.07, 6.45) is 0. The highest BCUT2D eigenvalue weighted by atomic mass is 32.2. The first-order valence-corrected chi connectivity index (χ1v) is 14.3. The van der Waals surface area contributed by atoms with Crippen molar-refractivity contribution in [2.75, 3.05) is 17.4 Å². The Balaban J connectivity index is 2.00. The molecule has 0 saturated heterocycles. The topological polar surface area (TPSA) is 86.8 Å². The Morgan fingerprint density at radius 1 is 0.846 bits per heavy atom. The fourth-order valence-corrected chi connectivity index (χ4v) is 5.31. The van der Waals surface area contributed by atoms with Gasteiger partial charge in [0.05, 0.1) is 10.6 Å². The highest BCUT2D eigenvalue weighted by molar-refractivity contribution is 7.92. The van der Waals surface area contributed by atoms with E-state index in [0.29, 0.717) is 17.8 Å². The predicted molar refractivity (Wildman–Crippen MR) is 151 cm³/mol. The molecule has 1 N–H and O–H groups in total. The lowest BCUT2D eigenvalue weighted by molar-refractivity contribution is -0.139. The molecule has 0 fully saturated rings. The number of hydrogen-bond donors (Lipinski definition) is 1. The van der Waals surface area contributed by atoms with Crippen LogP contribution in [0.3, 0.4) is 0 Å². The van der Waals surface area contributed by atoms with Gasteiger partial charge in [-0.2, -0.15) is 0 Å². The normalized spacial score (nSPS) is 12.2. The lowest BCUT2D eigenvalue weighted by Gasteiger charge is -2.32. The number of nitrogens with zero attached hydrogens (tertiary/aromatic N) is 2. The Hall–Kier alpha value is -3.72. The largest absolute Gasteiger partial charge is 0.354 e. The number of carbonyl (C=O) groups excluding carboxylic acids is 2. The molecule has 3 aromatic rings. The number of benzene rings is 3. The van der Waals surface area contributed by atoms with Crippen LogP contribution in [0.25, 0.3) is 0 Å². The Kier molecular flexibility index (Phi) is 9.86. The molecule has 1 unspecified atom stereocenters. The van der Waals surface area contributed by atoms with Crippen LogP contribution in [0.1, 0.15) is 37.5 Å². The predicted octanol–water partition coefficient (Wildman–Crippen LogP) is 4.83. The van der Waals surface area contributed by atoms with Crippen LogP contribution in [0.5, 0.6) is 0 Å². The minimum absolute atomic E-state index is 0.00168. The molecule has 3 rings (SSSR count). The number of anilines is 1. The van der Waals surface area contributed by atoms with Crippen molar-refractivity contribution in [2.45, 2.75) is 52.1 Å². The molecule has 1 atom stereocenters. The fourth-order valence-electron chi connectivity index (χ4n) is 3.90. The van der Waals surface area contributed by atoms with Crippen molar-refractivity contribution in [1.29, 1.82) is 0 Å². The minimum atomic E-state index is -4.12. The molecule has 2 amide bonds. The van der Waals surface area contributed by atoms with E-state index in [4.69, 9.17) is 0 Å². The zero-order valence-electron chi connectivity index (χ0n) is 23.0. The van der Waals surface area contributed by atoms with Crippen molar-refractivity contribution < 1.29 is 22.4 Å². The van der Waals surface area contributed by atoms with Gasteiger partial charge in [0.15, 0.2) is 0 Å². The third-order valence-electron chi connectivity index (χ3n) is 6.33. The molecule has 9 heteroatoms. The summed E-state index contributed by atoms with van der Waals surface area (Å²) in [4.78, 5) is 28.2. The van der Waals surface area contributed by atoms with Gasteiger partial charge in [0, 0.05) is 13.1 Å². The third kappa shape index (κ3) is 7.89. The van der Waals surface area contributed by atoms with Gasteiger partial charge < -0.3 is 10.2 Å². The molecule has 39 heavy (non-hydrogen) atoms. The average molecular weight is 554 g/mol. The number of hydrogen-bond acceptors (Lipinski definition) is 4. The number of halogens is 1. The molecule has 7 nitrogen and oxygen atoms in total. The molecule has 0 radical (unpaired) electrons. The van der Waals surface area contributed by atoms with E-state index < -0.39 is 34.3 Å². The number of carbonyl (C=O) groups is 2. The van der Waals surface area contributed by atoms with Gasteiger partial charge in [-0.1, -0.05) is 61.4 Å². The van der Waals surface area contributed by atoms with Crippen molar-refractivity contribution in [3.05, 3.63) is 95.3 Å². The van der Waals surface area contributed by atoms with Crippen LogP contribution < -0.4 is 9.62 Å². The first-order valence-electron chi connectivity index (χ1n) is 12.9. The number of nitrogens with one attached hydrogen (secondary N) is 1. The minimum Gasteiger partial charge on any atom is -0.354 e. The van der Waals surface area contributed by atoms with Crippen LogP contribution in [0.15, 0.2) is 77.7 Å². The van der Waals surface area contributed by atoms with E-state index in [2.05, 4.69) is 5.32 Å². The smallest absolute Gasteiger partial charge is 0.264 e. The Morgan fingerprint density at radius 2 is 1.38 bits per heavy atom. The summed E-state index contributed by atoms with van der Waals surface area (Å²) >= 11 is 0. The van der Waals surface area contributed by atoms with Gasteiger partial charge in [0.25, 0.3) is 10.0 Å². The Labute approximate surface area is 230 Å². The van der Waals surface area contributed by atoms with E-state index in [-0.39, 0.29) is 23.3 Å². The molecule has 0 saturated carbocycles. The number of aryl methyl sites for hydroxylation is 2. The van der Waals surface area contributed by atoms with Crippen LogP contribution in [0.2, 0.25) is 0 Å². The second kappa shape index (κ2) is 12.9. The molecular formula is C30H36FN3O4S. The lowest BCUT2D eigenvalue weighted by atomic mass is 10.1. The van der Waals surface area contributed by atoms with Gasteiger partial charge in [-0.15, -0.1) is 0 Å². The van der Waals surface area contributed by atoms with Gasteiger partial charge in [-0.3, -0.25) is 13.9 Å². The van der Waals surface area contributed by atoms with Crippen LogP contribution in [-0.4, -0.2) is 44.3 Å². The maximum absolute atomic E-state index is 13.8. The molecule has 0 heterocycles. The second-order valence-corrected chi connectivity index (χ2v) is 12.0. The van der Waals surface area contributed by atoms with E-state index in [0.717, 1.165) is 15.4 Å². The second-order valence-electron chi connectivity index (χ2n) is 10.1. The summed E-state index contributed by atoms with van der Waals surface area (Å²) < 4.78 is 42.2. The van der Waals surface area contributed by atoms with E-state index in [1.54, 1.807) is 43.3 Å². The zero-order valence-corrected chi connectivity index (χ0v) is 23.8. The van der Waals surface area contributed by atoms with E-state index in [1.165, 1.54) is 41.3 Å². The van der Waals surface area contributed by atoms with Gasteiger partial charge >= 0.3 is 0 Å². The highest BCUT2D eigenvalue weighted by Crippen LogP contribution is 2.25. The average Bonchev–Trinajstić information content (AvgIpc) is 2.90. The molecule has 0 bridgehead atoms. The number of amides is 2. The molecule has 208 valence electrons. The molecule has 0 spiro atoms. The molecule has 0 aliphatic carbocycles. The van der Waals surface area contributed by atoms with Gasteiger partial charge in [0.2, 0.25) is 11.8 Å². The number of rotatable bonds is 11. The van der Waals surface area contributed by atoms with Crippen molar-refractivity contribution >= 4 is 27.5 Å². The van der Waals surface area contributed by atoms with E-state index in [9.17, 15) is 22.4 Å². The summed E-state index contributed by atoms with van der Waals surface area (Å²) in [7, 11) is -4.12.